The SMILES string of the molecule is COc1ccc(OC)c([C@@H]2CN(C(=O)CC(C)(C)C)C[C@@H]2C(=O)N2CCCC2)c1. The number of amides is 2. The summed E-state index contributed by atoms with van der Waals surface area (Å²) < 4.78 is 11.0. The van der Waals surface area contributed by atoms with Gasteiger partial charge in [-0.3, -0.25) is 9.59 Å². The summed E-state index contributed by atoms with van der Waals surface area (Å²) in [5, 5.41) is 0. The molecule has 2 atom stereocenters. The average molecular weight is 403 g/mol. The fraction of sp³-hybridized carbons (Fsp3) is 0.652. The lowest BCUT2D eigenvalue weighted by molar-refractivity contribution is -0.135. The molecule has 0 aliphatic carbocycles. The van der Waals surface area contributed by atoms with Gasteiger partial charge in [-0.1, -0.05) is 20.8 Å². The normalized spacial score (nSPS) is 22.1. The van der Waals surface area contributed by atoms with Crippen molar-refractivity contribution >= 4 is 11.8 Å². The van der Waals surface area contributed by atoms with Crippen LogP contribution < -0.4 is 9.47 Å². The topological polar surface area (TPSA) is 59.1 Å². The van der Waals surface area contributed by atoms with Gasteiger partial charge in [-0.05, 0) is 36.5 Å². The van der Waals surface area contributed by atoms with E-state index in [9.17, 15) is 9.59 Å². The van der Waals surface area contributed by atoms with Gasteiger partial charge in [-0.15, -0.1) is 0 Å². The number of carbonyl (C=O) groups excluding carboxylic acids is 2. The maximum Gasteiger partial charge on any atom is 0.228 e. The molecule has 29 heavy (non-hydrogen) atoms. The standard InChI is InChI=1S/C23H34N2O4/c1-23(2,3)13-21(26)25-14-18(17-12-16(28-4)8-9-20(17)29-5)19(15-25)22(27)24-10-6-7-11-24/h8-9,12,18-19H,6-7,10-11,13-15H2,1-5H3/t18-,19-/m0/s1. The zero-order valence-electron chi connectivity index (χ0n) is 18.4. The van der Waals surface area contributed by atoms with Crippen molar-refractivity contribution < 1.29 is 19.1 Å². The molecule has 1 aromatic carbocycles. The zero-order valence-corrected chi connectivity index (χ0v) is 18.4. The van der Waals surface area contributed by atoms with E-state index in [2.05, 4.69) is 20.8 Å². The Balaban J connectivity index is 1.92. The predicted octanol–water partition coefficient (Wildman–Crippen LogP) is 3.30. The Bertz CT molecular complexity index is 750. The van der Waals surface area contributed by atoms with Crippen molar-refractivity contribution in [1.82, 2.24) is 9.80 Å². The molecule has 0 saturated carbocycles. The molecule has 2 amide bonds. The van der Waals surface area contributed by atoms with Crippen LogP contribution in [0.2, 0.25) is 0 Å². The Morgan fingerprint density at radius 1 is 1.03 bits per heavy atom. The van der Waals surface area contributed by atoms with Gasteiger partial charge in [-0.25, -0.2) is 0 Å². The van der Waals surface area contributed by atoms with Gasteiger partial charge in [-0.2, -0.15) is 0 Å². The fourth-order valence-electron chi connectivity index (χ4n) is 4.44. The first-order valence-electron chi connectivity index (χ1n) is 10.5. The molecule has 0 unspecified atom stereocenters. The van der Waals surface area contributed by atoms with Crippen LogP contribution in [0.1, 0.15) is 51.5 Å². The first kappa shape index (κ1) is 21.5. The third kappa shape index (κ3) is 4.85. The summed E-state index contributed by atoms with van der Waals surface area (Å²) >= 11 is 0. The maximum absolute atomic E-state index is 13.4. The van der Waals surface area contributed by atoms with Crippen molar-refractivity contribution in [2.45, 2.75) is 46.0 Å². The van der Waals surface area contributed by atoms with Crippen molar-refractivity contribution in [2.75, 3.05) is 40.4 Å². The Hall–Kier alpha value is -2.24. The molecule has 1 aromatic rings. The molecule has 160 valence electrons. The van der Waals surface area contributed by atoms with E-state index in [0.717, 1.165) is 43.0 Å². The number of rotatable bonds is 5. The van der Waals surface area contributed by atoms with E-state index >= 15 is 0 Å². The van der Waals surface area contributed by atoms with Crippen molar-refractivity contribution in [3.05, 3.63) is 23.8 Å². The maximum atomic E-state index is 13.4. The van der Waals surface area contributed by atoms with E-state index in [1.807, 2.05) is 28.0 Å². The van der Waals surface area contributed by atoms with Gasteiger partial charge in [0, 0.05) is 44.1 Å². The third-order valence-electron chi connectivity index (χ3n) is 5.93. The summed E-state index contributed by atoms with van der Waals surface area (Å²) in [5.41, 5.74) is 0.854. The number of hydrogen-bond donors (Lipinski definition) is 0. The van der Waals surface area contributed by atoms with Crippen LogP contribution in [0, 0.1) is 11.3 Å². The second kappa shape index (κ2) is 8.64. The smallest absolute Gasteiger partial charge is 0.228 e. The lowest BCUT2D eigenvalue weighted by atomic mass is 9.87. The van der Waals surface area contributed by atoms with Crippen molar-refractivity contribution in [3.8, 4) is 11.5 Å². The van der Waals surface area contributed by atoms with Crippen molar-refractivity contribution in [2.24, 2.45) is 11.3 Å². The van der Waals surface area contributed by atoms with Gasteiger partial charge in [0.1, 0.15) is 11.5 Å². The van der Waals surface area contributed by atoms with Crippen LogP contribution in [0.5, 0.6) is 11.5 Å². The van der Waals surface area contributed by atoms with E-state index in [4.69, 9.17) is 9.47 Å². The predicted molar refractivity (Wildman–Crippen MR) is 112 cm³/mol. The molecule has 3 rings (SSSR count). The highest BCUT2D eigenvalue weighted by molar-refractivity contribution is 5.84. The Morgan fingerprint density at radius 3 is 2.31 bits per heavy atom. The van der Waals surface area contributed by atoms with E-state index < -0.39 is 0 Å². The van der Waals surface area contributed by atoms with Crippen LogP contribution in [0.3, 0.4) is 0 Å². The number of ether oxygens (including phenoxy) is 2. The molecule has 6 heteroatoms. The lowest BCUT2D eigenvalue weighted by Crippen LogP contribution is -2.38. The fourth-order valence-corrected chi connectivity index (χ4v) is 4.44. The number of hydrogen-bond acceptors (Lipinski definition) is 4. The van der Waals surface area contributed by atoms with Gasteiger partial charge in [0.05, 0.1) is 20.1 Å². The largest absolute Gasteiger partial charge is 0.497 e. The molecule has 2 saturated heterocycles. The van der Waals surface area contributed by atoms with E-state index in [1.165, 1.54) is 0 Å². The number of benzene rings is 1. The van der Waals surface area contributed by atoms with Gasteiger partial charge in [0.15, 0.2) is 0 Å². The molecular formula is C23H34N2O4. The molecule has 6 nitrogen and oxygen atoms in total. The quantitative estimate of drug-likeness (QED) is 0.758. The van der Waals surface area contributed by atoms with Crippen LogP contribution >= 0.6 is 0 Å². The molecule has 2 heterocycles. The highest BCUT2D eigenvalue weighted by Gasteiger charge is 2.43. The van der Waals surface area contributed by atoms with Gasteiger partial charge >= 0.3 is 0 Å². The first-order chi connectivity index (χ1) is 13.7. The summed E-state index contributed by atoms with van der Waals surface area (Å²) in [5.74, 6) is 1.38. The highest BCUT2D eigenvalue weighted by atomic mass is 16.5. The molecule has 0 bridgehead atoms. The molecule has 2 aliphatic rings. The molecule has 0 spiro atoms. The van der Waals surface area contributed by atoms with E-state index in [0.29, 0.717) is 19.5 Å². The molecular weight excluding hydrogens is 368 g/mol. The molecule has 0 N–H and O–H groups in total. The summed E-state index contributed by atoms with van der Waals surface area (Å²) in [6, 6.07) is 5.69. The Labute approximate surface area is 174 Å². The van der Waals surface area contributed by atoms with Crippen molar-refractivity contribution in [3.63, 3.8) is 0 Å². The van der Waals surface area contributed by atoms with Gasteiger partial charge in [0.2, 0.25) is 11.8 Å². The third-order valence-corrected chi connectivity index (χ3v) is 5.93. The second-order valence-corrected chi connectivity index (χ2v) is 9.39. The minimum Gasteiger partial charge on any atom is -0.497 e. The second-order valence-electron chi connectivity index (χ2n) is 9.39. The Kier molecular flexibility index (Phi) is 6.39. The summed E-state index contributed by atoms with van der Waals surface area (Å²) in [7, 11) is 3.27. The summed E-state index contributed by atoms with van der Waals surface area (Å²) in [6.45, 7) is 8.82. The van der Waals surface area contributed by atoms with Crippen LogP contribution in [-0.4, -0.2) is 62.0 Å². The summed E-state index contributed by atoms with van der Waals surface area (Å²) in [6.07, 6.45) is 2.58. The Morgan fingerprint density at radius 2 is 1.72 bits per heavy atom. The monoisotopic (exact) mass is 402 g/mol. The molecule has 0 radical (unpaired) electrons. The average Bonchev–Trinajstić information content (AvgIpc) is 3.35. The van der Waals surface area contributed by atoms with Crippen LogP contribution in [0.4, 0.5) is 0 Å². The van der Waals surface area contributed by atoms with Crippen LogP contribution in [-0.2, 0) is 9.59 Å². The van der Waals surface area contributed by atoms with Crippen LogP contribution in [0.15, 0.2) is 18.2 Å². The number of carbonyl (C=O) groups is 2. The zero-order chi connectivity index (χ0) is 21.2. The van der Waals surface area contributed by atoms with Crippen molar-refractivity contribution in [1.29, 1.82) is 0 Å². The minimum absolute atomic E-state index is 0.0860. The molecule has 2 fully saturated rings. The number of nitrogens with zero attached hydrogens (tertiary/aromatic N) is 2. The highest BCUT2D eigenvalue weighted by Crippen LogP contribution is 2.41. The summed E-state index contributed by atoms with van der Waals surface area (Å²) in [4.78, 5) is 30.1. The van der Waals surface area contributed by atoms with Gasteiger partial charge in [0.25, 0.3) is 0 Å². The van der Waals surface area contributed by atoms with Crippen LogP contribution in [0.25, 0.3) is 0 Å². The van der Waals surface area contributed by atoms with E-state index in [1.54, 1.807) is 14.2 Å². The van der Waals surface area contributed by atoms with Gasteiger partial charge < -0.3 is 19.3 Å². The molecule has 2 aliphatic heterocycles. The molecule has 0 aromatic heterocycles. The minimum atomic E-state index is -0.252. The lowest BCUT2D eigenvalue weighted by Gasteiger charge is -2.25. The first-order valence-corrected chi connectivity index (χ1v) is 10.5. The number of methoxy groups -OCH3 is 2. The van der Waals surface area contributed by atoms with E-state index in [-0.39, 0.29) is 29.1 Å². The number of likely N-dealkylation sites (tertiary alicyclic amines) is 2.